The minimum absolute atomic E-state index is 0.100. The zero-order chi connectivity index (χ0) is 14.8. The maximum absolute atomic E-state index is 13.1. The third-order valence-electron chi connectivity index (χ3n) is 5.56. The van der Waals surface area contributed by atoms with Crippen molar-refractivity contribution >= 4 is 32.7 Å². The number of piperidine rings is 1. The normalized spacial score (nSPS) is 32.9. The Morgan fingerprint density at radius 1 is 1.36 bits per heavy atom. The van der Waals surface area contributed by atoms with Gasteiger partial charge in [-0.05, 0) is 43.5 Å². The molecule has 4 heterocycles. The van der Waals surface area contributed by atoms with E-state index in [1.165, 1.54) is 19.4 Å². The molecule has 1 amide bonds. The second-order valence-electron chi connectivity index (χ2n) is 6.74. The third kappa shape index (κ3) is 1.74. The summed E-state index contributed by atoms with van der Waals surface area (Å²) in [4.78, 5) is 17.8. The molecule has 6 heteroatoms. The number of hydrogen-bond acceptors (Lipinski definition) is 3. The van der Waals surface area contributed by atoms with E-state index in [9.17, 15) is 4.79 Å². The maximum atomic E-state index is 13.1. The van der Waals surface area contributed by atoms with Gasteiger partial charge >= 0.3 is 0 Å². The van der Waals surface area contributed by atoms with E-state index in [4.69, 9.17) is 0 Å². The molecule has 114 valence electrons. The Labute approximate surface area is 136 Å². The van der Waals surface area contributed by atoms with Gasteiger partial charge in [0.15, 0.2) is 5.69 Å². The first kappa shape index (κ1) is 13.1. The van der Waals surface area contributed by atoms with E-state index in [0.29, 0.717) is 23.7 Å². The summed E-state index contributed by atoms with van der Waals surface area (Å²) < 4.78 is 0.974. The van der Waals surface area contributed by atoms with Crippen LogP contribution in [0.2, 0.25) is 0 Å². The van der Waals surface area contributed by atoms with E-state index in [1.54, 1.807) is 0 Å². The van der Waals surface area contributed by atoms with E-state index in [0.717, 1.165) is 28.5 Å². The molecular formula is C16H17BrN4O. The predicted octanol–water partition coefficient (Wildman–Crippen LogP) is 2.24. The minimum atomic E-state index is 0.100. The van der Waals surface area contributed by atoms with Gasteiger partial charge in [0.1, 0.15) is 0 Å². The number of hydrogen-bond donors (Lipinski definition) is 1. The quantitative estimate of drug-likeness (QED) is 0.848. The second-order valence-corrected chi connectivity index (χ2v) is 7.66. The number of carbonyl (C=O) groups is 1. The van der Waals surface area contributed by atoms with Gasteiger partial charge in [-0.15, -0.1) is 0 Å². The van der Waals surface area contributed by atoms with Gasteiger partial charge < -0.3 is 4.90 Å². The zero-order valence-corrected chi connectivity index (χ0v) is 13.7. The molecule has 1 N–H and O–H groups in total. The lowest BCUT2D eigenvalue weighted by Crippen LogP contribution is -2.58. The van der Waals surface area contributed by atoms with E-state index in [-0.39, 0.29) is 5.91 Å². The molecular weight excluding hydrogens is 344 g/mol. The van der Waals surface area contributed by atoms with Crippen molar-refractivity contribution in [1.82, 2.24) is 20.0 Å². The third-order valence-corrected chi connectivity index (χ3v) is 6.06. The van der Waals surface area contributed by atoms with Crippen molar-refractivity contribution in [3.63, 3.8) is 0 Å². The summed E-state index contributed by atoms with van der Waals surface area (Å²) in [6, 6.07) is 6.66. The summed E-state index contributed by atoms with van der Waals surface area (Å²) in [6.07, 6.45) is 2.40. The Balaban J connectivity index is 1.55. The number of amides is 1. The van der Waals surface area contributed by atoms with Crippen LogP contribution < -0.4 is 0 Å². The highest BCUT2D eigenvalue weighted by molar-refractivity contribution is 9.10. The summed E-state index contributed by atoms with van der Waals surface area (Å²) in [5.74, 6) is 0.785. The van der Waals surface area contributed by atoms with Gasteiger partial charge in [0.05, 0.1) is 5.52 Å². The van der Waals surface area contributed by atoms with Crippen molar-refractivity contribution in [2.75, 3.05) is 19.6 Å². The summed E-state index contributed by atoms with van der Waals surface area (Å²) in [6.45, 7) is 3.28. The first-order valence-electron chi connectivity index (χ1n) is 7.89. The predicted molar refractivity (Wildman–Crippen MR) is 86.7 cm³/mol. The number of benzene rings is 1. The molecule has 5 nitrogen and oxygen atoms in total. The van der Waals surface area contributed by atoms with Crippen molar-refractivity contribution in [1.29, 1.82) is 0 Å². The summed E-state index contributed by atoms with van der Waals surface area (Å²) in [5.41, 5.74) is 1.49. The maximum Gasteiger partial charge on any atom is 0.275 e. The summed E-state index contributed by atoms with van der Waals surface area (Å²) >= 11 is 3.49. The Hall–Kier alpha value is -1.40. The Morgan fingerprint density at radius 2 is 2.27 bits per heavy atom. The van der Waals surface area contributed by atoms with Crippen molar-refractivity contribution in [3.05, 3.63) is 28.4 Å². The molecule has 1 aromatic carbocycles. The van der Waals surface area contributed by atoms with Crippen molar-refractivity contribution in [2.45, 2.75) is 24.9 Å². The van der Waals surface area contributed by atoms with Crippen LogP contribution in [0.15, 0.2) is 22.7 Å². The molecule has 3 saturated heterocycles. The lowest BCUT2D eigenvalue weighted by molar-refractivity contribution is 0.0258. The number of halogens is 1. The van der Waals surface area contributed by atoms with Gasteiger partial charge in [0.2, 0.25) is 0 Å². The van der Waals surface area contributed by atoms with E-state index < -0.39 is 0 Å². The number of aromatic nitrogens is 2. The number of carbonyl (C=O) groups excluding carboxylic acids is 1. The van der Waals surface area contributed by atoms with Gasteiger partial charge in [-0.2, -0.15) is 5.10 Å². The van der Waals surface area contributed by atoms with Crippen LogP contribution in [0.25, 0.3) is 10.9 Å². The zero-order valence-electron chi connectivity index (χ0n) is 12.1. The largest absolute Gasteiger partial charge is 0.328 e. The van der Waals surface area contributed by atoms with Crippen LogP contribution in [0, 0.1) is 5.92 Å². The minimum Gasteiger partial charge on any atom is -0.328 e. The lowest BCUT2D eigenvalue weighted by Gasteiger charge is -2.44. The molecule has 0 aliphatic carbocycles. The molecule has 3 aliphatic heterocycles. The van der Waals surface area contributed by atoms with Crippen LogP contribution in [-0.2, 0) is 0 Å². The van der Waals surface area contributed by atoms with Crippen LogP contribution >= 0.6 is 15.9 Å². The molecule has 0 saturated carbocycles. The van der Waals surface area contributed by atoms with Crippen LogP contribution in [0.4, 0.5) is 0 Å². The Morgan fingerprint density at radius 3 is 3.18 bits per heavy atom. The average Bonchev–Trinajstić information content (AvgIpc) is 2.95. The number of fused-ring (bicyclic) bond motifs is 3. The molecule has 4 unspecified atom stereocenters. The SMILES string of the molecule is O=C(c1n[nH]c2ccc(Br)cc12)N1C2CC3CCN(C2)CC31. The van der Waals surface area contributed by atoms with Crippen LogP contribution in [-0.4, -0.2) is 57.6 Å². The molecule has 1 aromatic heterocycles. The first-order valence-corrected chi connectivity index (χ1v) is 8.68. The van der Waals surface area contributed by atoms with Gasteiger partial charge in [-0.1, -0.05) is 15.9 Å². The fourth-order valence-corrected chi connectivity index (χ4v) is 4.94. The molecule has 3 fully saturated rings. The highest BCUT2D eigenvalue weighted by Crippen LogP contribution is 2.41. The van der Waals surface area contributed by atoms with E-state index in [2.05, 4.69) is 35.9 Å². The number of aromatic amines is 1. The molecule has 2 aromatic rings. The molecule has 3 bridgehead atoms. The Kier molecular flexibility index (Phi) is 2.71. The Bertz CT molecular complexity index is 769. The van der Waals surface area contributed by atoms with Crippen LogP contribution in [0.1, 0.15) is 23.3 Å². The highest BCUT2D eigenvalue weighted by atomic mass is 79.9. The number of piperazine rings is 1. The second kappa shape index (κ2) is 4.55. The highest BCUT2D eigenvalue weighted by Gasteiger charge is 2.51. The van der Waals surface area contributed by atoms with Crippen LogP contribution in [0.3, 0.4) is 0 Å². The number of nitrogens with one attached hydrogen (secondary N) is 1. The van der Waals surface area contributed by atoms with Gasteiger partial charge in [-0.3, -0.25) is 14.8 Å². The summed E-state index contributed by atoms with van der Waals surface area (Å²) in [7, 11) is 0. The van der Waals surface area contributed by atoms with Gasteiger partial charge in [0.25, 0.3) is 5.91 Å². The molecule has 5 rings (SSSR count). The summed E-state index contributed by atoms with van der Waals surface area (Å²) in [5, 5.41) is 8.22. The van der Waals surface area contributed by atoms with Crippen LogP contribution in [0.5, 0.6) is 0 Å². The molecule has 22 heavy (non-hydrogen) atoms. The van der Waals surface area contributed by atoms with Crippen molar-refractivity contribution in [3.8, 4) is 0 Å². The smallest absolute Gasteiger partial charge is 0.275 e. The molecule has 4 atom stereocenters. The fraction of sp³-hybridized carbons (Fsp3) is 0.500. The molecule has 0 radical (unpaired) electrons. The molecule has 3 aliphatic rings. The fourth-order valence-electron chi connectivity index (χ4n) is 4.58. The van der Waals surface area contributed by atoms with Gasteiger partial charge in [0, 0.05) is 35.0 Å². The van der Waals surface area contributed by atoms with Crippen molar-refractivity contribution < 1.29 is 4.79 Å². The number of H-pyrrole nitrogens is 1. The lowest BCUT2D eigenvalue weighted by atomic mass is 9.93. The first-order chi connectivity index (χ1) is 10.7. The average molecular weight is 361 g/mol. The number of nitrogens with zero attached hydrogens (tertiary/aromatic N) is 3. The monoisotopic (exact) mass is 360 g/mol. The standard InChI is InChI=1S/C16H17BrN4O/c17-10-1-2-13-12(6-10)15(19-18-13)16(22)21-11-5-9-3-4-20(7-11)8-14(9)21/h1-2,6,9,11,14H,3-5,7-8H2,(H,18,19). The van der Waals surface area contributed by atoms with Crippen molar-refractivity contribution in [2.24, 2.45) is 5.92 Å². The van der Waals surface area contributed by atoms with Gasteiger partial charge in [-0.25, -0.2) is 0 Å². The number of rotatable bonds is 1. The molecule has 0 spiro atoms. The topological polar surface area (TPSA) is 52.2 Å². The van der Waals surface area contributed by atoms with E-state index in [1.807, 2.05) is 18.2 Å². The van der Waals surface area contributed by atoms with E-state index >= 15 is 0 Å².